The fraction of sp³-hybridized carbons (Fsp3) is 0.643. The predicted molar refractivity (Wildman–Crippen MR) is 75.2 cm³/mol. The smallest absolute Gasteiger partial charge is 0.137 e. The summed E-state index contributed by atoms with van der Waals surface area (Å²) in [5.74, 6) is 0. The highest BCUT2D eigenvalue weighted by Gasteiger charge is 2.27. The standard InChI is InChI=1S/C14H19N3OS/c1-4-10-11(8-15)14(17-16-12(10)5-2)19-13-6-7-18-9(13)3/h9,13H,4-7H2,1-3H3. The maximum absolute atomic E-state index is 9.43. The van der Waals surface area contributed by atoms with Crippen LogP contribution < -0.4 is 0 Å². The van der Waals surface area contributed by atoms with Crippen molar-refractivity contribution in [1.29, 1.82) is 5.26 Å². The van der Waals surface area contributed by atoms with E-state index in [2.05, 4.69) is 30.1 Å². The highest BCUT2D eigenvalue weighted by Crippen LogP contribution is 2.34. The van der Waals surface area contributed by atoms with E-state index in [4.69, 9.17) is 4.74 Å². The summed E-state index contributed by atoms with van der Waals surface area (Å²) in [6, 6.07) is 2.31. The number of thioether (sulfide) groups is 1. The number of nitrogens with zero attached hydrogens (tertiary/aromatic N) is 3. The number of aryl methyl sites for hydroxylation is 1. The molecular formula is C14H19N3OS. The SMILES string of the molecule is CCc1nnc(SC2CCOC2C)c(C#N)c1CC. The second-order valence-electron chi connectivity index (χ2n) is 4.65. The molecule has 0 radical (unpaired) electrons. The molecule has 2 heterocycles. The van der Waals surface area contributed by atoms with E-state index < -0.39 is 0 Å². The summed E-state index contributed by atoms with van der Waals surface area (Å²) in [4.78, 5) is 0. The van der Waals surface area contributed by atoms with Crippen molar-refractivity contribution >= 4 is 11.8 Å². The van der Waals surface area contributed by atoms with Crippen LogP contribution in [0.25, 0.3) is 0 Å². The number of ether oxygens (including phenoxy) is 1. The van der Waals surface area contributed by atoms with Crippen LogP contribution in [0, 0.1) is 11.3 Å². The van der Waals surface area contributed by atoms with Crippen LogP contribution in [0.4, 0.5) is 0 Å². The monoisotopic (exact) mass is 277 g/mol. The Morgan fingerprint density at radius 2 is 2.16 bits per heavy atom. The fourth-order valence-corrected chi connectivity index (χ4v) is 3.51. The Kier molecular flexibility index (Phi) is 4.78. The maximum atomic E-state index is 9.43. The molecule has 0 bridgehead atoms. The molecule has 0 aliphatic carbocycles. The van der Waals surface area contributed by atoms with Gasteiger partial charge < -0.3 is 4.74 Å². The first-order valence-electron chi connectivity index (χ1n) is 6.78. The van der Waals surface area contributed by atoms with Crippen LogP contribution in [0.2, 0.25) is 0 Å². The van der Waals surface area contributed by atoms with E-state index in [9.17, 15) is 5.26 Å². The first-order valence-corrected chi connectivity index (χ1v) is 7.65. The molecule has 4 nitrogen and oxygen atoms in total. The van der Waals surface area contributed by atoms with Crippen LogP contribution in [0.15, 0.2) is 5.03 Å². The van der Waals surface area contributed by atoms with E-state index in [-0.39, 0.29) is 6.10 Å². The van der Waals surface area contributed by atoms with Crippen molar-refractivity contribution in [3.8, 4) is 6.07 Å². The highest BCUT2D eigenvalue weighted by molar-refractivity contribution is 8.00. The zero-order valence-electron chi connectivity index (χ0n) is 11.6. The van der Waals surface area contributed by atoms with Crippen LogP contribution in [0.1, 0.15) is 44.0 Å². The highest BCUT2D eigenvalue weighted by atomic mass is 32.2. The zero-order chi connectivity index (χ0) is 13.8. The van der Waals surface area contributed by atoms with Crippen LogP contribution in [-0.4, -0.2) is 28.2 Å². The molecule has 2 rings (SSSR count). The lowest BCUT2D eigenvalue weighted by atomic mass is 10.1. The van der Waals surface area contributed by atoms with Crippen LogP contribution in [0.3, 0.4) is 0 Å². The lowest BCUT2D eigenvalue weighted by Gasteiger charge is -2.15. The minimum absolute atomic E-state index is 0.217. The van der Waals surface area contributed by atoms with E-state index in [1.807, 2.05) is 6.92 Å². The summed E-state index contributed by atoms with van der Waals surface area (Å²) in [6.45, 7) is 6.98. The van der Waals surface area contributed by atoms with Crippen molar-refractivity contribution in [1.82, 2.24) is 10.2 Å². The van der Waals surface area contributed by atoms with Gasteiger partial charge in [0.05, 0.1) is 17.4 Å². The van der Waals surface area contributed by atoms with Crippen LogP contribution in [0.5, 0.6) is 0 Å². The first kappa shape index (κ1) is 14.3. The number of hydrogen-bond acceptors (Lipinski definition) is 5. The molecule has 0 amide bonds. The summed E-state index contributed by atoms with van der Waals surface area (Å²) in [5, 5.41) is 19.1. The molecule has 102 valence electrons. The Morgan fingerprint density at radius 3 is 2.68 bits per heavy atom. The van der Waals surface area contributed by atoms with Gasteiger partial charge in [0.2, 0.25) is 0 Å². The van der Waals surface area contributed by atoms with Gasteiger partial charge in [0.15, 0.2) is 0 Å². The molecule has 2 unspecified atom stereocenters. The van der Waals surface area contributed by atoms with Crippen LogP contribution >= 0.6 is 11.8 Å². The van der Waals surface area contributed by atoms with Crippen molar-refractivity contribution in [3.63, 3.8) is 0 Å². The van der Waals surface area contributed by atoms with Gasteiger partial charge in [-0.1, -0.05) is 25.6 Å². The molecule has 0 spiro atoms. The van der Waals surface area contributed by atoms with Gasteiger partial charge in [-0.25, -0.2) is 0 Å². The molecule has 0 aromatic carbocycles. The quantitative estimate of drug-likeness (QED) is 0.847. The summed E-state index contributed by atoms with van der Waals surface area (Å²) in [5.41, 5.74) is 2.70. The van der Waals surface area contributed by atoms with Gasteiger partial charge in [-0.05, 0) is 31.7 Å². The number of nitriles is 1. The Bertz CT molecular complexity index is 498. The predicted octanol–water partition coefficient (Wildman–Crippen LogP) is 2.74. The van der Waals surface area contributed by atoms with Gasteiger partial charge in [-0.2, -0.15) is 10.4 Å². The summed E-state index contributed by atoms with van der Waals surface area (Å²) >= 11 is 1.64. The van der Waals surface area contributed by atoms with E-state index in [0.717, 1.165) is 42.2 Å². The minimum atomic E-state index is 0.217. The first-order chi connectivity index (χ1) is 9.21. The van der Waals surface area contributed by atoms with Gasteiger partial charge in [-0.15, -0.1) is 5.10 Å². The molecule has 1 aliphatic rings. The summed E-state index contributed by atoms with van der Waals surface area (Å²) < 4.78 is 5.56. The fourth-order valence-electron chi connectivity index (χ4n) is 2.36. The van der Waals surface area contributed by atoms with Gasteiger partial charge in [0.1, 0.15) is 11.1 Å². The van der Waals surface area contributed by atoms with Gasteiger partial charge in [-0.3, -0.25) is 0 Å². The molecular weight excluding hydrogens is 258 g/mol. The summed E-state index contributed by atoms with van der Waals surface area (Å²) in [6.07, 6.45) is 2.87. The van der Waals surface area contributed by atoms with Crippen molar-refractivity contribution < 1.29 is 4.74 Å². The molecule has 19 heavy (non-hydrogen) atoms. The van der Waals surface area contributed by atoms with Gasteiger partial charge in [0.25, 0.3) is 0 Å². The van der Waals surface area contributed by atoms with E-state index in [1.54, 1.807) is 11.8 Å². The normalized spacial score (nSPS) is 22.4. The Balaban J connectivity index is 2.33. The maximum Gasteiger partial charge on any atom is 0.137 e. The third kappa shape index (κ3) is 2.90. The number of rotatable bonds is 4. The molecule has 0 N–H and O–H groups in total. The Labute approximate surface area is 118 Å². The molecule has 0 saturated carbocycles. The second-order valence-corrected chi connectivity index (χ2v) is 5.87. The average Bonchev–Trinajstić information content (AvgIpc) is 2.83. The van der Waals surface area contributed by atoms with Gasteiger partial charge in [0, 0.05) is 11.9 Å². The average molecular weight is 277 g/mol. The largest absolute Gasteiger partial charge is 0.377 e. The van der Waals surface area contributed by atoms with E-state index in [0.29, 0.717) is 10.8 Å². The molecule has 2 atom stereocenters. The molecule has 5 heteroatoms. The van der Waals surface area contributed by atoms with Crippen LogP contribution in [-0.2, 0) is 17.6 Å². The molecule has 1 fully saturated rings. The molecule has 1 aromatic rings. The lowest BCUT2D eigenvalue weighted by molar-refractivity contribution is 0.127. The van der Waals surface area contributed by atoms with E-state index in [1.165, 1.54) is 0 Å². The van der Waals surface area contributed by atoms with Crippen molar-refractivity contribution in [2.75, 3.05) is 6.61 Å². The number of hydrogen-bond donors (Lipinski definition) is 0. The van der Waals surface area contributed by atoms with Crippen molar-refractivity contribution in [2.45, 2.75) is 56.4 Å². The number of aromatic nitrogens is 2. The minimum Gasteiger partial charge on any atom is -0.377 e. The molecule has 1 aliphatic heterocycles. The lowest BCUT2D eigenvalue weighted by Crippen LogP contribution is -2.14. The third-order valence-corrected chi connectivity index (χ3v) is 4.93. The van der Waals surface area contributed by atoms with Crippen molar-refractivity contribution in [3.05, 3.63) is 16.8 Å². The van der Waals surface area contributed by atoms with Gasteiger partial charge >= 0.3 is 0 Å². The Hall–Kier alpha value is -1.12. The van der Waals surface area contributed by atoms with Crippen molar-refractivity contribution in [2.24, 2.45) is 0 Å². The molecule has 1 saturated heterocycles. The zero-order valence-corrected chi connectivity index (χ0v) is 12.5. The second kappa shape index (κ2) is 6.36. The third-order valence-electron chi connectivity index (χ3n) is 3.50. The molecule has 1 aromatic heterocycles. The summed E-state index contributed by atoms with van der Waals surface area (Å²) in [7, 11) is 0. The Morgan fingerprint density at radius 1 is 1.37 bits per heavy atom. The topological polar surface area (TPSA) is 58.8 Å². The van der Waals surface area contributed by atoms with E-state index >= 15 is 0 Å².